The van der Waals surface area contributed by atoms with Crippen molar-refractivity contribution in [2.24, 2.45) is 0 Å². The molecule has 2 aromatic carbocycles. The Morgan fingerprint density at radius 1 is 0.923 bits per heavy atom. The second-order valence-corrected chi connectivity index (χ2v) is 7.76. The minimum atomic E-state index is -3.74. The maximum Gasteiger partial charge on any atom is 0.263 e. The SMILES string of the molecule is Cc1ccccc1CNc1ccc(NS(=O)(=O)c2ccc(Cl)cc2)nn1. The van der Waals surface area contributed by atoms with Gasteiger partial charge < -0.3 is 5.32 Å². The van der Waals surface area contributed by atoms with E-state index in [1.54, 1.807) is 12.1 Å². The van der Waals surface area contributed by atoms with Gasteiger partial charge >= 0.3 is 0 Å². The first-order valence-corrected chi connectivity index (χ1v) is 9.71. The second-order valence-electron chi connectivity index (χ2n) is 5.64. The van der Waals surface area contributed by atoms with Gasteiger partial charge in [-0.05, 0) is 54.4 Å². The highest BCUT2D eigenvalue weighted by Crippen LogP contribution is 2.17. The van der Waals surface area contributed by atoms with Crippen molar-refractivity contribution in [3.8, 4) is 0 Å². The van der Waals surface area contributed by atoms with E-state index >= 15 is 0 Å². The Hall–Kier alpha value is -2.64. The smallest absolute Gasteiger partial charge is 0.263 e. The summed E-state index contributed by atoms with van der Waals surface area (Å²) in [5.74, 6) is 0.698. The van der Waals surface area contributed by atoms with E-state index in [0.29, 0.717) is 17.4 Å². The lowest BCUT2D eigenvalue weighted by atomic mass is 10.1. The molecule has 0 aliphatic rings. The Morgan fingerprint density at radius 3 is 2.23 bits per heavy atom. The molecule has 26 heavy (non-hydrogen) atoms. The summed E-state index contributed by atoms with van der Waals surface area (Å²) in [6.45, 7) is 2.65. The largest absolute Gasteiger partial charge is 0.364 e. The molecule has 0 saturated carbocycles. The van der Waals surface area contributed by atoms with Gasteiger partial charge in [0.05, 0.1) is 4.90 Å². The molecule has 0 aliphatic carbocycles. The van der Waals surface area contributed by atoms with E-state index in [9.17, 15) is 8.42 Å². The zero-order chi connectivity index (χ0) is 18.6. The van der Waals surface area contributed by atoms with Crippen LogP contribution in [0.1, 0.15) is 11.1 Å². The van der Waals surface area contributed by atoms with Gasteiger partial charge in [0.15, 0.2) is 5.82 Å². The highest BCUT2D eigenvalue weighted by Gasteiger charge is 2.15. The maximum absolute atomic E-state index is 12.3. The molecular formula is C18H17ClN4O2S. The Morgan fingerprint density at radius 2 is 1.58 bits per heavy atom. The minimum absolute atomic E-state index is 0.102. The summed E-state index contributed by atoms with van der Waals surface area (Å²) in [6.07, 6.45) is 0. The van der Waals surface area contributed by atoms with Crippen molar-refractivity contribution in [1.82, 2.24) is 10.2 Å². The molecule has 3 aromatic rings. The number of nitrogens with zero attached hydrogens (tertiary/aromatic N) is 2. The number of sulfonamides is 1. The van der Waals surface area contributed by atoms with Gasteiger partial charge in [-0.15, -0.1) is 10.2 Å². The van der Waals surface area contributed by atoms with Crippen LogP contribution < -0.4 is 10.0 Å². The molecule has 0 saturated heterocycles. The summed E-state index contributed by atoms with van der Waals surface area (Å²) in [4.78, 5) is 0.102. The summed E-state index contributed by atoms with van der Waals surface area (Å²) in [7, 11) is -3.74. The Labute approximate surface area is 157 Å². The van der Waals surface area contributed by atoms with Crippen molar-refractivity contribution >= 4 is 33.3 Å². The molecule has 0 unspecified atom stereocenters. The van der Waals surface area contributed by atoms with E-state index in [1.165, 1.54) is 29.8 Å². The third-order valence-electron chi connectivity index (χ3n) is 3.75. The van der Waals surface area contributed by atoms with Crippen LogP contribution in [0.25, 0.3) is 0 Å². The molecule has 0 atom stereocenters. The third-order valence-corrected chi connectivity index (χ3v) is 5.37. The predicted molar refractivity (Wildman–Crippen MR) is 103 cm³/mol. The van der Waals surface area contributed by atoms with Crippen LogP contribution in [0.2, 0.25) is 5.02 Å². The number of benzene rings is 2. The predicted octanol–water partition coefficient (Wildman–Crippen LogP) is 3.85. The molecule has 0 amide bonds. The van der Waals surface area contributed by atoms with Crippen molar-refractivity contribution in [2.45, 2.75) is 18.4 Å². The molecule has 3 rings (SSSR count). The molecule has 0 radical (unpaired) electrons. The molecule has 0 bridgehead atoms. The lowest BCUT2D eigenvalue weighted by molar-refractivity contribution is 0.601. The van der Waals surface area contributed by atoms with E-state index in [1.807, 2.05) is 31.2 Å². The quantitative estimate of drug-likeness (QED) is 0.670. The van der Waals surface area contributed by atoms with E-state index in [2.05, 4.69) is 20.2 Å². The van der Waals surface area contributed by atoms with Gasteiger partial charge in [-0.1, -0.05) is 35.9 Å². The van der Waals surface area contributed by atoms with Crippen molar-refractivity contribution in [2.75, 3.05) is 10.0 Å². The number of anilines is 2. The first kappa shape index (κ1) is 18.2. The van der Waals surface area contributed by atoms with E-state index in [-0.39, 0.29) is 10.7 Å². The van der Waals surface area contributed by atoms with Crippen LogP contribution in [0.3, 0.4) is 0 Å². The molecule has 0 fully saturated rings. The summed E-state index contributed by atoms with van der Waals surface area (Å²) < 4.78 is 27.0. The number of halogens is 1. The number of aryl methyl sites for hydroxylation is 1. The van der Waals surface area contributed by atoms with Crippen LogP contribution in [0.5, 0.6) is 0 Å². The topological polar surface area (TPSA) is 84.0 Å². The lowest BCUT2D eigenvalue weighted by Crippen LogP contribution is -2.14. The third kappa shape index (κ3) is 4.50. The van der Waals surface area contributed by atoms with Crippen molar-refractivity contribution < 1.29 is 8.42 Å². The van der Waals surface area contributed by atoms with Gasteiger partial charge in [-0.3, -0.25) is 4.72 Å². The van der Waals surface area contributed by atoms with Gasteiger partial charge in [-0.25, -0.2) is 8.42 Å². The Bertz CT molecular complexity index is 990. The van der Waals surface area contributed by atoms with Gasteiger partial charge in [0.2, 0.25) is 0 Å². The molecule has 2 N–H and O–H groups in total. The van der Waals surface area contributed by atoms with E-state index < -0.39 is 10.0 Å². The number of aromatic nitrogens is 2. The van der Waals surface area contributed by atoms with Crippen LogP contribution in [0, 0.1) is 6.92 Å². The van der Waals surface area contributed by atoms with Crippen LogP contribution in [-0.4, -0.2) is 18.6 Å². The van der Waals surface area contributed by atoms with Gasteiger partial charge in [0, 0.05) is 11.6 Å². The molecular weight excluding hydrogens is 372 g/mol. The fourth-order valence-corrected chi connectivity index (χ4v) is 3.41. The fraction of sp³-hybridized carbons (Fsp3) is 0.111. The summed E-state index contributed by atoms with van der Waals surface area (Å²) in [5, 5.41) is 11.5. The van der Waals surface area contributed by atoms with Crippen molar-refractivity contribution in [3.05, 3.63) is 76.8 Å². The van der Waals surface area contributed by atoms with Crippen LogP contribution in [0.15, 0.2) is 65.6 Å². The minimum Gasteiger partial charge on any atom is -0.364 e. The van der Waals surface area contributed by atoms with E-state index in [0.717, 1.165) is 5.56 Å². The summed E-state index contributed by atoms with van der Waals surface area (Å²) >= 11 is 5.78. The van der Waals surface area contributed by atoms with Crippen LogP contribution >= 0.6 is 11.6 Å². The standard InChI is InChI=1S/C18H17ClN4O2S/c1-13-4-2-3-5-14(13)12-20-17-10-11-18(22-21-17)23-26(24,25)16-8-6-15(19)7-9-16/h2-11H,12H2,1H3,(H,20,21)(H,22,23). The molecule has 8 heteroatoms. The Kier molecular flexibility index (Phi) is 5.39. The zero-order valence-electron chi connectivity index (χ0n) is 14.0. The van der Waals surface area contributed by atoms with Gasteiger partial charge in [0.1, 0.15) is 5.82 Å². The lowest BCUT2D eigenvalue weighted by Gasteiger charge is -2.09. The first-order chi connectivity index (χ1) is 12.4. The average Bonchev–Trinajstić information content (AvgIpc) is 2.62. The molecule has 6 nitrogen and oxygen atoms in total. The molecule has 0 aliphatic heterocycles. The summed E-state index contributed by atoms with van der Waals surface area (Å²) in [5.41, 5.74) is 2.34. The average molecular weight is 389 g/mol. The number of rotatable bonds is 6. The first-order valence-electron chi connectivity index (χ1n) is 7.84. The van der Waals surface area contributed by atoms with Crippen molar-refractivity contribution in [1.29, 1.82) is 0 Å². The molecule has 134 valence electrons. The number of hydrogen-bond acceptors (Lipinski definition) is 5. The van der Waals surface area contributed by atoms with Gasteiger partial charge in [-0.2, -0.15) is 0 Å². The maximum atomic E-state index is 12.3. The zero-order valence-corrected chi connectivity index (χ0v) is 15.6. The highest BCUT2D eigenvalue weighted by molar-refractivity contribution is 7.92. The van der Waals surface area contributed by atoms with E-state index in [4.69, 9.17) is 11.6 Å². The number of hydrogen-bond donors (Lipinski definition) is 2. The van der Waals surface area contributed by atoms with Crippen LogP contribution in [-0.2, 0) is 16.6 Å². The number of nitrogens with one attached hydrogen (secondary N) is 2. The fourth-order valence-electron chi connectivity index (χ4n) is 2.29. The molecule has 1 heterocycles. The summed E-state index contributed by atoms with van der Waals surface area (Å²) in [6, 6.07) is 17.1. The van der Waals surface area contributed by atoms with Crippen LogP contribution in [0.4, 0.5) is 11.6 Å². The van der Waals surface area contributed by atoms with Crippen molar-refractivity contribution in [3.63, 3.8) is 0 Å². The normalized spacial score (nSPS) is 11.2. The molecule has 1 aromatic heterocycles. The van der Waals surface area contributed by atoms with Gasteiger partial charge in [0.25, 0.3) is 10.0 Å². The molecule has 0 spiro atoms. The second kappa shape index (κ2) is 7.72. The Balaban J connectivity index is 1.66. The highest BCUT2D eigenvalue weighted by atomic mass is 35.5. The monoisotopic (exact) mass is 388 g/mol.